The standard InChI is InChI=1S/C12H18N2O3S/c1-3-16-11(15)10-13-14-12(18-10)17-9-7-5-4-6-8(9)2/h8-9H,3-7H2,1-2H3. The van der Waals surface area contributed by atoms with E-state index in [1.54, 1.807) is 6.92 Å². The van der Waals surface area contributed by atoms with Crippen molar-refractivity contribution in [2.45, 2.75) is 45.6 Å². The number of carbonyl (C=O) groups excluding carboxylic acids is 1. The average Bonchev–Trinajstić information content (AvgIpc) is 2.81. The van der Waals surface area contributed by atoms with Crippen LogP contribution in [0.5, 0.6) is 5.19 Å². The molecule has 18 heavy (non-hydrogen) atoms. The summed E-state index contributed by atoms with van der Waals surface area (Å²) in [6.45, 7) is 4.30. The van der Waals surface area contributed by atoms with Crippen molar-refractivity contribution in [1.82, 2.24) is 10.2 Å². The maximum Gasteiger partial charge on any atom is 0.369 e. The van der Waals surface area contributed by atoms with Crippen LogP contribution >= 0.6 is 11.3 Å². The van der Waals surface area contributed by atoms with Crippen molar-refractivity contribution in [3.63, 3.8) is 0 Å². The van der Waals surface area contributed by atoms with Crippen molar-refractivity contribution in [2.24, 2.45) is 5.92 Å². The molecule has 6 heteroatoms. The lowest BCUT2D eigenvalue weighted by atomic mass is 9.88. The minimum absolute atomic E-state index is 0.196. The molecule has 1 aliphatic rings. The van der Waals surface area contributed by atoms with Crippen molar-refractivity contribution < 1.29 is 14.3 Å². The van der Waals surface area contributed by atoms with Gasteiger partial charge in [0.15, 0.2) is 0 Å². The molecule has 1 aliphatic carbocycles. The predicted octanol–water partition coefficient (Wildman–Crippen LogP) is 2.67. The topological polar surface area (TPSA) is 61.3 Å². The van der Waals surface area contributed by atoms with Gasteiger partial charge in [0.1, 0.15) is 6.10 Å². The fourth-order valence-electron chi connectivity index (χ4n) is 2.12. The first-order chi connectivity index (χ1) is 8.70. The fourth-order valence-corrected chi connectivity index (χ4v) is 2.76. The molecular formula is C12H18N2O3S. The monoisotopic (exact) mass is 270 g/mol. The predicted molar refractivity (Wildman–Crippen MR) is 67.9 cm³/mol. The van der Waals surface area contributed by atoms with E-state index in [9.17, 15) is 4.79 Å². The Hall–Kier alpha value is -1.17. The van der Waals surface area contributed by atoms with Gasteiger partial charge in [0.05, 0.1) is 6.61 Å². The molecule has 0 radical (unpaired) electrons. The van der Waals surface area contributed by atoms with Crippen molar-refractivity contribution in [3.05, 3.63) is 5.01 Å². The zero-order valence-corrected chi connectivity index (χ0v) is 11.5. The lowest BCUT2D eigenvalue weighted by Crippen LogP contribution is -2.28. The third-order valence-electron chi connectivity index (χ3n) is 3.14. The van der Waals surface area contributed by atoms with Crippen LogP contribution in [0.1, 0.15) is 49.3 Å². The summed E-state index contributed by atoms with van der Waals surface area (Å²) in [5.74, 6) is 0.107. The van der Waals surface area contributed by atoms with Crippen LogP contribution in [0.3, 0.4) is 0 Å². The van der Waals surface area contributed by atoms with E-state index in [2.05, 4.69) is 17.1 Å². The van der Waals surface area contributed by atoms with Gasteiger partial charge in [0.25, 0.3) is 5.19 Å². The van der Waals surface area contributed by atoms with E-state index in [1.165, 1.54) is 19.3 Å². The molecular weight excluding hydrogens is 252 g/mol. The van der Waals surface area contributed by atoms with E-state index < -0.39 is 5.97 Å². The number of hydrogen-bond acceptors (Lipinski definition) is 6. The highest BCUT2D eigenvalue weighted by Gasteiger charge is 2.25. The van der Waals surface area contributed by atoms with Crippen molar-refractivity contribution in [2.75, 3.05) is 6.61 Å². The van der Waals surface area contributed by atoms with Crippen molar-refractivity contribution >= 4 is 17.3 Å². The summed E-state index contributed by atoms with van der Waals surface area (Å²) in [6, 6.07) is 0. The number of rotatable bonds is 4. The second-order valence-corrected chi connectivity index (χ2v) is 5.45. The molecule has 1 fully saturated rings. The Balaban J connectivity index is 1.95. The summed E-state index contributed by atoms with van der Waals surface area (Å²) in [5, 5.41) is 8.42. The Bertz CT molecular complexity index is 408. The number of carbonyl (C=O) groups is 1. The van der Waals surface area contributed by atoms with Crippen LogP contribution in [-0.2, 0) is 4.74 Å². The van der Waals surface area contributed by atoms with Gasteiger partial charge in [-0.3, -0.25) is 0 Å². The molecule has 0 aromatic carbocycles. The van der Waals surface area contributed by atoms with Crippen LogP contribution in [0.2, 0.25) is 0 Å². The summed E-state index contributed by atoms with van der Waals surface area (Å²) >= 11 is 1.16. The Morgan fingerprint density at radius 2 is 2.17 bits per heavy atom. The molecule has 100 valence electrons. The van der Waals surface area contributed by atoms with E-state index >= 15 is 0 Å². The van der Waals surface area contributed by atoms with Crippen molar-refractivity contribution in [3.8, 4) is 5.19 Å². The summed E-state index contributed by atoms with van der Waals surface area (Å²) in [5.41, 5.74) is 0. The number of esters is 1. The second-order valence-electron chi connectivity index (χ2n) is 4.51. The molecule has 0 aliphatic heterocycles. The lowest BCUT2D eigenvalue weighted by Gasteiger charge is -2.27. The number of ether oxygens (including phenoxy) is 2. The average molecular weight is 270 g/mol. The van der Waals surface area contributed by atoms with Crippen LogP contribution in [0.15, 0.2) is 0 Å². The molecule has 2 unspecified atom stereocenters. The normalized spacial score (nSPS) is 23.7. The fraction of sp³-hybridized carbons (Fsp3) is 0.750. The molecule has 0 amide bonds. The third kappa shape index (κ3) is 3.19. The molecule has 1 heterocycles. The van der Waals surface area contributed by atoms with Gasteiger partial charge in [0.2, 0.25) is 5.01 Å². The Kier molecular flexibility index (Phi) is 4.52. The van der Waals surface area contributed by atoms with Gasteiger partial charge in [-0.25, -0.2) is 4.79 Å². The largest absolute Gasteiger partial charge is 0.465 e. The van der Waals surface area contributed by atoms with Crippen LogP contribution in [0, 0.1) is 5.92 Å². The first-order valence-electron chi connectivity index (χ1n) is 6.38. The minimum atomic E-state index is -0.429. The molecule has 2 atom stereocenters. The highest BCUT2D eigenvalue weighted by Crippen LogP contribution is 2.29. The Morgan fingerprint density at radius 3 is 2.89 bits per heavy atom. The Morgan fingerprint density at radius 1 is 1.39 bits per heavy atom. The zero-order valence-electron chi connectivity index (χ0n) is 10.7. The first-order valence-corrected chi connectivity index (χ1v) is 7.19. The van der Waals surface area contributed by atoms with Gasteiger partial charge in [-0.2, -0.15) is 0 Å². The van der Waals surface area contributed by atoms with E-state index in [1.807, 2.05) is 0 Å². The highest BCUT2D eigenvalue weighted by molar-refractivity contribution is 7.14. The molecule has 0 N–H and O–H groups in total. The van der Waals surface area contributed by atoms with Crippen LogP contribution in [-0.4, -0.2) is 28.9 Å². The van der Waals surface area contributed by atoms with Gasteiger partial charge >= 0.3 is 5.97 Å². The summed E-state index contributed by atoms with van der Waals surface area (Å²) in [6.07, 6.45) is 4.90. The SMILES string of the molecule is CCOC(=O)c1nnc(OC2CCCCC2C)s1. The van der Waals surface area contributed by atoms with Crippen molar-refractivity contribution in [1.29, 1.82) is 0 Å². The Labute approximate surface area is 111 Å². The van der Waals surface area contributed by atoms with Crippen LogP contribution < -0.4 is 4.74 Å². The molecule has 0 saturated heterocycles. The van der Waals surface area contributed by atoms with Gasteiger partial charge in [0, 0.05) is 0 Å². The number of nitrogens with zero attached hydrogens (tertiary/aromatic N) is 2. The zero-order chi connectivity index (χ0) is 13.0. The number of aromatic nitrogens is 2. The van der Waals surface area contributed by atoms with Crippen LogP contribution in [0.25, 0.3) is 0 Å². The van der Waals surface area contributed by atoms with Gasteiger partial charge in [-0.05, 0) is 43.4 Å². The van der Waals surface area contributed by atoms with Gasteiger partial charge < -0.3 is 9.47 Å². The molecule has 1 aromatic rings. The minimum Gasteiger partial charge on any atom is -0.465 e. The summed E-state index contributed by atoms with van der Waals surface area (Å²) in [4.78, 5) is 11.4. The second kappa shape index (κ2) is 6.13. The van der Waals surface area contributed by atoms with E-state index in [0.29, 0.717) is 17.7 Å². The highest BCUT2D eigenvalue weighted by atomic mass is 32.1. The molecule has 0 bridgehead atoms. The summed E-state index contributed by atoms with van der Waals surface area (Å²) in [7, 11) is 0. The van der Waals surface area contributed by atoms with E-state index in [4.69, 9.17) is 9.47 Å². The summed E-state index contributed by atoms with van der Waals surface area (Å²) < 4.78 is 10.7. The third-order valence-corrected chi connectivity index (χ3v) is 3.94. The van der Waals surface area contributed by atoms with Crippen LogP contribution in [0.4, 0.5) is 0 Å². The lowest BCUT2D eigenvalue weighted by molar-refractivity contribution is 0.0525. The quantitative estimate of drug-likeness (QED) is 0.787. The number of hydrogen-bond donors (Lipinski definition) is 0. The smallest absolute Gasteiger partial charge is 0.369 e. The molecule has 2 rings (SSSR count). The maximum atomic E-state index is 11.4. The maximum absolute atomic E-state index is 11.4. The van der Waals surface area contributed by atoms with E-state index in [-0.39, 0.29) is 11.1 Å². The van der Waals surface area contributed by atoms with Gasteiger partial charge in [-0.15, -0.1) is 5.10 Å². The van der Waals surface area contributed by atoms with Gasteiger partial charge in [-0.1, -0.05) is 18.4 Å². The molecule has 5 nitrogen and oxygen atoms in total. The molecule has 1 saturated carbocycles. The molecule has 1 aromatic heterocycles. The van der Waals surface area contributed by atoms with E-state index in [0.717, 1.165) is 17.8 Å². The first kappa shape index (κ1) is 13.3. The molecule has 0 spiro atoms.